The van der Waals surface area contributed by atoms with Gasteiger partial charge in [-0.05, 0) is 38.8 Å². The van der Waals surface area contributed by atoms with E-state index in [1.807, 2.05) is 13.0 Å². The fourth-order valence-electron chi connectivity index (χ4n) is 2.85. The smallest absolute Gasteiger partial charge is 0.307 e. The highest BCUT2D eigenvalue weighted by Crippen LogP contribution is 2.29. The Hall–Kier alpha value is -1.95. The first-order valence-corrected chi connectivity index (χ1v) is 7.12. The second kappa shape index (κ2) is 6.22. The lowest BCUT2D eigenvalue weighted by molar-refractivity contribution is -0.385. The molecule has 0 radical (unpaired) electrons. The molecule has 21 heavy (non-hydrogen) atoms. The van der Waals surface area contributed by atoms with Crippen LogP contribution >= 0.6 is 0 Å². The summed E-state index contributed by atoms with van der Waals surface area (Å²) in [5.41, 5.74) is 1.61. The summed E-state index contributed by atoms with van der Waals surface area (Å²) in [6.07, 6.45) is 1.54. The lowest BCUT2D eigenvalue weighted by atomic mass is 9.95. The molecule has 2 unspecified atom stereocenters. The summed E-state index contributed by atoms with van der Waals surface area (Å²) in [4.78, 5) is 23.9. The number of aryl methyl sites for hydroxylation is 1. The number of benzene rings is 1. The Balaban J connectivity index is 2.19. The molecule has 1 fully saturated rings. The highest BCUT2D eigenvalue weighted by atomic mass is 16.6. The van der Waals surface area contributed by atoms with Crippen molar-refractivity contribution in [1.29, 1.82) is 0 Å². The van der Waals surface area contributed by atoms with Crippen LogP contribution < -0.4 is 0 Å². The number of carbonyl (C=O) groups is 1. The third-order valence-corrected chi connectivity index (χ3v) is 4.26. The van der Waals surface area contributed by atoms with Crippen LogP contribution in [0.3, 0.4) is 0 Å². The summed E-state index contributed by atoms with van der Waals surface area (Å²) in [7, 11) is 0. The third kappa shape index (κ3) is 3.39. The van der Waals surface area contributed by atoms with Crippen molar-refractivity contribution in [3.05, 3.63) is 39.4 Å². The largest absolute Gasteiger partial charge is 0.481 e. The lowest BCUT2D eigenvalue weighted by Crippen LogP contribution is -2.40. The van der Waals surface area contributed by atoms with Crippen LogP contribution in [0.2, 0.25) is 0 Å². The molecular weight excluding hydrogens is 272 g/mol. The number of aliphatic carboxylic acids is 1. The highest BCUT2D eigenvalue weighted by Gasteiger charge is 2.29. The van der Waals surface area contributed by atoms with Crippen molar-refractivity contribution < 1.29 is 14.8 Å². The second-order valence-electron chi connectivity index (χ2n) is 5.65. The van der Waals surface area contributed by atoms with Crippen LogP contribution in [0.4, 0.5) is 5.69 Å². The molecule has 1 aliphatic heterocycles. The van der Waals surface area contributed by atoms with Crippen LogP contribution in [0.1, 0.15) is 36.9 Å². The molecule has 6 nitrogen and oxygen atoms in total. The van der Waals surface area contributed by atoms with Gasteiger partial charge in [-0.2, -0.15) is 0 Å². The summed E-state index contributed by atoms with van der Waals surface area (Å²) in [6.45, 7) is 5.01. The van der Waals surface area contributed by atoms with E-state index >= 15 is 0 Å². The predicted octanol–water partition coefficient (Wildman–Crippen LogP) is 2.76. The predicted molar refractivity (Wildman–Crippen MR) is 78.2 cm³/mol. The Morgan fingerprint density at radius 2 is 2.24 bits per heavy atom. The Bertz CT molecular complexity index is 559. The molecule has 2 rings (SSSR count). The van der Waals surface area contributed by atoms with E-state index in [-0.39, 0.29) is 22.6 Å². The van der Waals surface area contributed by atoms with E-state index < -0.39 is 5.97 Å². The van der Waals surface area contributed by atoms with E-state index in [0.717, 1.165) is 18.5 Å². The SMILES string of the molecule is Cc1ccc(C(C)N2CCCC(C(=O)O)C2)cc1[N+](=O)[O-]. The number of hydrogen-bond acceptors (Lipinski definition) is 4. The van der Waals surface area contributed by atoms with Gasteiger partial charge in [0.15, 0.2) is 0 Å². The molecule has 0 bridgehead atoms. The van der Waals surface area contributed by atoms with Crippen LogP contribution in [0.5, 0.6) is 0 Å². The summed E-state index contributed by atoms with van der Waals surface area (Å²) in [6, 6.07) is 5.22. The molecule has 1 saturated heterocycles. The molecule has 114 valence electrons. The van der Waals surface area contributed by atoms with Crippen molar-refractivity contribution in [3.63, 3.8) is 0 Å². The molecule has 1 aliphatic rings. The maximum Gasteiger partial charge on any atom is 0.307 e. The van der Waals surface area contributed by atoms with Crippen LogP contribution in [-0.4, -0.2) is 34.0 Å². The molecule has 1 aromatic rings. The van der Waals surface area contributed by atoms with Crippen molar-refractivity contribution in [2.45, 2.75) is 32.7 Å². The molecule has 6 heteroatoms. The zero-order chi connectivity index (χ0) is 15.6. The molecule has 1 heterocycles. The van der Waals surface area contributed by atoms with Crippen molar-refractivity contribution in [2.75, 3.05) is 13.1 Å². The van der Waals surface area contributed by atoms with Crippen molar-refractivity contribution in [3.8, 4) is 0 Å². The molecule has 2 atom stereocenters. The minimum Gasteiger partial charge on any atom is -0.481 e. The van der Waals surface area contributed by atoms with E-state index in [4.69, 9.17) is 5.11 Å². The quantitative estimate of drug-likeness (QED) is 0.681. The number of carboxylic acid groups (broad SMARTS) is 1. The first kappa shape index (κ1) is 15.4. The fraction of sp³-hybridized carbons (Fsp3) is 0.533. The number of nitro groups is 1. The fourth-order valence-corrected chi connectivity index (χ4v) is 2.85. The molecule has 0 saturated carbocycles. The van der Waals surface area contributed by atoms with Crippen LogP contribution in [0, 0.1) is 23.0 Å². The van der Waals surface area contributed by atoms with Crippen LogP contribution in [0.15, 0.2) is 18.2 Å². The minimum atomic E-state index is -0.762. The summed E-state index contributed by atoms with van der Waals surface area (Å²) >= 11 is 0. The minimum absolute atomic E-state index is 0.0218. The number of piperidine rings is 1. The Morgan fingerprint density at radius 3 is 2.86 bits per heavy atom. The van der Waals surface area contributed by atoms with Crippen molar-refractivity contribution in [2.24, 2.45) is 5.92 Å². The van der Waals surface area contributed by atoms with E-state index in [2.05, 4.69) is 4.90 Å². The van der Waals surface area contributed by atoms with Crippen LogP contribution in [0.25, 0.3) is 0 Å². The zero-order valence-electron chi connectivity index (χ0n) is 12.3. The van der Waals surface area contributed by atoms with Crippen molar-refractivity contribution in [1.82, 2.24) is 4.90 Å². The van der Waals surface area contributed by atoms with Crippen LogP contribution in [-0.2, 0) is 4.79 Å². The highest BCUT2D eigenvalue weighted by molar-refractivity contribution is 5.70. The third-order valence-electron chi connectivity index (χ3n) is 4.26. The maximum absolute atomic E-state index is 11.1. The topological polar surface area (TPSA) is 83.7 Å². The van der Waals surface area contributed by atoms with Gasteiger partial charge in [0, 0.05) is 24.2 Å². The van der Waals surface area contributed by atoms with Crippen molar-refractivity contribution >= 4 is 11.7 Å². The van der Waals surface area contributed by atoms with Gasteiger partial charge in [0.1, 0.15) is 0 Å². The maximum atomic E-state index is 11.1. The normalized spacial score (nSPS) is 21.0. The molecule has 0 aromatic heterocycles. The molecule has 0 amide bonds. The van der Waals surface area contributed by atoms with Gasteiger partial charge >= 0.3 is 5.97 Å². The van der Waals surface area contributed by atoms with E-state index in [1.54, 1.807) is 19.1 Å². The Morgan fingerprint density at radius 1 is 1.52 bits per heavy atom. The number of rotatable bonds is 4. The lowest BCUT2D eigenvalue weighted by Gasteiger charge is -2.35. The van der Waals surface area contributed by atoms with E-state index in [1.165, 1.54) is 0 Å². The summed E-state index contributed by atoms with van der Waals surface area (Å²) in [5, 5.41) is 20.2. The molecule has 1 aromatic carbocycles. The monoisotopic (exact) mass is 292 g/mol. The molecule has 1 N–H and O–H groups in total. The van der Waals surface area contributed by atoms with Gasteiger partial charge in [-0.1, -0.05) is 12.1 Å². The average Bonchev–Trinajstić information content (AvgIpc) is 2.46. The Kier molecular flexibility index (Phi) is 4.57. The number of hydrogen-bond donors (Lipinski definition) is 1. The van der Waals surface area contributed by atoms with Gasteiger partial charge in [-0.3, -0.25) is 19.8 Å². The average molecular weight is 292 g/mol. The summed E-state index contributed by atoms with van der Waals surface area (Å²) in [5.74, 6) is -1.11. The van der Waals surface area contributed by atoms with Gasteiger partial charge in [-0.15, -0.1) is 0 Å². The van der Waals surface area contributed by atoms with Gasteiger partial charge in [-0.25, -0.2) is 0 Å². The molecule has 0 spiro atoms. The van der Waals surface area contributed by atoms with Gasteiger partial charge in [0.05, 0.1) is 10.8 Å². The number of nitro benzene ring substituents is 1. The molecular formula is C15H20N2O4. The van der Waals surface area contributed by atoms with Gasteiger partial charge in [0.2, 0.25) is 0 Å². The van der Waals surface area contributed by atoms with Gasteiger partial charge in [0.25, 0.3) is 5.69 Å². The van der Waals surface area contributed by atoms with Gasteiger partial charge < -0.3 is 5.11 Å². The first-order chi connectivity index (χ1) is 9.90. The van der Waals surface area contributed by atoms with E-state index in [9.17, 15) is 14.9 Å². The standard InChI is InChI=1S/C15H20N2O4/c1-10-5-6-12(8-14(10)17(20)21)11(2)16-7-3-4-13(9-16)15(18)19/h5-6,8,11,13H,3-4,7,9H2,1-2H3,(H,18,19). The molecule has 0 aliphatic carbocycles. The number of carboxylic acids is 1. The number of nitrogens with zero attached hydrogens (tertiary/aromatic N) is 2. The second-order valence-corrected chi connectivity index (χ2v) is 5.65. The summed E-state index contributed by atoms with van der Waals surface area (Å²) < 4.78 is 0. The van der Waals surface area contributed by atoms with E-state index in [0.29, 0.717) is 18.5 Å². The number of likely N-dealkylation sites (tertiary alicyclic amines) is 1. The zero-order valence-corrected chi connectivity index (χ0v) is 12.3. The Labute approximate surface area is 123 Å². The first-order valence-electron chi connectivity index (χ1n) is 7.12.